The Balaban J connectivity index is 2.11. The second kappa shape index (κ2) is 6.67. The molecule has 0 radical (unpaired) electrons. The van der Waals surface area contributed by atoms with Crippen LogP contribution in [-0.2, 0) is 9.53 Å². The number of carbonyl (C=O) groups excluding carboxylic acids is 1. The summed E-state index contributed by atoms with van der Waals surface area (Å²) in [5, 5.41) is 3.48. The molecule has 2 aromatic rings. The number of ether oxygens (including phenoxy) is 1. The largest absolute Gasteiger partial charge is 0.385 e. The quantitative estimate of drug-likeness (QED) is 0.826. The van der Waals surface area contributed by atoms with Gasteiger partial charge in [0.25, 0.3) is 5.56 Å². The van der Waals surface area contributed by atoms with Gasteiger partial charge in [0, 0.05) is 20.3 Å². The fourth-order valence-electron chi connectivity index (χ4n) is 1.93. The van der Waals surface area contributed by atoms with Crippen LogP contribution in [0.25, 0.3) is 10.1 Å². The van der Waals surface area contributed by atoms with Crippen molar-refractivity contribution >= 4 is 27.5 Å². The minimum atomic E-state index is -0.498. The molecule has 1 amide bonds. The summed E-state index contributed by atoms with van der Waals surface area (Å²) in [6.45, 7) is 2.90. The molecule has 0 saturated carbocycles. The van der Waals surface area contributed by atoms with Crippen LogP contribution in [0.5, 0.6) is 0 Å². The Hall–Kier alpha value is -1.66. The van der Waals surface area contributed by atoms with E-state index < -0.39 is 6.04 Å². The first-order valence-electron chi connectivity index (χ1n) is 6.52. The van der Waals surface area contributed by atoms with Crippen molar-refractivity contribution in [2.75, 3.05) is 20.3 Å². The topological polar surface area (TPSA) is 60.3 Å². The summed E-state index contributed by atoms with van der Waals surface area (Å²) in [7, 11) is 1.63. The summed E-state index contributed by atoms with van der Waals surface area (Å²) in [5.41, 5.74) is -0.106. The van der Waals surface area contributed by atoms with Gasteiger partial charge in [0.1, 0.15) is 6.04 Å². The third-order valence-electron chi connectivity index (χ3n) is 3.07. The first-order chi connectivity index (χ1) is 9.65. The summed E-state index contributed by atoms with van der Waals surface area (Å²) in [5.74, 6) is -0.144. The number of hydrogen-bond acceptors (Lipinski definition) is 4. The predicted octanol–water partition coefficient (Wildman–Crippen LogP) is 1.78. The van der Waals surface area contributed by atoms with Crippen molar-refractivity contribution in [3.63, 3.8) is 0 Å². The van der Waals surface area contributed by atoms with E-state index in [2.05, 4.69) is 5.32 Å². The summed E-state index contributed by atoms with van der Waals surface area (Å²) in [4.78, 5) is 24.3. The molecule has 0 fully saturated rings. The van der Waals surface area contributed by atoms with E-state index in [9.17, 15) is 9.59 Å². The van der Waals surface area contributed by atoms with Crippen LogP contribution in [0.3, 0.4) is 0 Å². The molecule has 0 spiro atoms. The Kier molecular flexibility index (Phi) is 4.92. The van der Waals surface area contributed by atoms with Gasteiger partial charge in [-0.25, -0.2) is 0 Å². The Morgan fingerprint density at radius 3 is 2.90 bits per heavy atom. The van der Waals surface area contributed by atoms with Crippen molar-refractivity contribution in [2.24, 2.45) is 0 Å². The smallest absolute Gasteiger partial charge is 0.269 e. The fraction of sp³-hybridized carbons (Fsp3) is 0.429. The maximum absolute atomic E-state index is 12.2. The zero-order valence-corrected chi connectivity index (χ0v) is 12.4. The van der Waals surface area contributed by atoms with Gasteiger partial charge < -0.3 is 10.1 Å². The van der Waals surface area contributed by atoms with Gasteiger partial charge in [-0.05, 0) is 25.5 Å². The highest BCUT2D eigenvalue weighted by molar-refractivity contribution is 7.13. The number of rotatable bonds is 6. The van der Waals surface area contributed by atoms with Gasteiger partial charge >= 0.3 is 0 Å². The van der Waals surface area contributed by atoms with E-state index in [4.69, 9.17) is 4.74 Å². The Bertz CT molecular complexity index is 647. The van der Waals surface area contributed by atoms with Crippen LogP contribution in [0.4, 0.5) is 0 Å². The molecule has 1 aromatic carbocycles. The van der Waals surface area contributed by atoms with E-state index in [0.29, 0.717) is 18.5 Å². The number of hydrogen-bond donors (Lipinski definition) is 1. The van der Waals surface area contributed by atoms with Crippen LogP contribution in [0.2, 0.25) is 0 Å². The Morgan fingerprint density at radius 1 is 1.45 bits per heavy atom. The van der Waals surface area contributed by atoms with Gasteiger partial charge in [0.15, 0.2) is 0 Å². The minimum Gasteiger partial charge on any atom is -0.385 e. The highest BCUT2D eigenvalue weighted by Crippen LogP contribution is 2.19. The van der Waals surface area contributed by atoms with E-state index in [1.54, 1.807) is 20.1 Å². The van der Waals surface area contributed by atoms with Gasteiger partial charge in [-0.1, -0.05) is 23.7 Å². The molecule has 0 aliphatic heterocycles. The lowest BCUT2D eigenvalue weighted by Gasteiger charge is -2.11. The zero-order valence-electron chi connectivity index (χ0n) is 11.6. The molecule has 20 heavy (non-hydrogen) atoms. The Labute approximate surface area is 121 Å². The molecule has 0 aliphatic carbocycles. The molecule has 1 atom stereocenters. The highest BCUT2D eigenvalue weighted by Gasteiger charge is 2.18. The summed E-state index contributed by atoms with van der Waals surface area (Å²) in [6, 6.07) is 6.89. The molecule has 1 aromatic heterocycles. The second-order valence-electron chi connectivity index (χ2n) is 4.53. The number of benzene rings is 1. The monoisotopic (exact) mass is 294 g/mol. The molecular weight excluding hydrogens is 276 g/mol. The van der Waals surface area contributed by atoms with Crippen molar-refractivity contribution in [1.29, 1.82) is 0 Å². The average molecular weight is 294 g/mol. The molecule has 2 rings (SSSR count). The van der Waals surface area contributed by atoms with E-state index in [-0.39, 0.29) is 11.5 Å². The van der Waals surface area contributed by atoms with Crippen LogP contribution >= 0.6 is 11.5 Å². The third-order valence-corrected chi connectivity index (χ3v) is 4.30. The lowest BCUT2D eigenvalue weighted by atomic mass is 10.2. The number of nitrogens with zero attached hydrogens (tertiary/aromatic N) is 1. The number of methoxy groups -OCH3 is 1. The molecule has 6 heteroatoms. The van der Waals surface area contributed by atoms with Gasteiger partial charge in [0.2, 0.25) is 5.91 Å². The molecule has 0 aliphatic rings. The van der Waals surface area contributed by atoms with Crippen LogP contribution in [0.1, 0.15) is 19.4 Å². The van der Waals surface area contributed by atoms with E-state index >= 15 is 0 Å². The van der Waals surface area contributed by atoms with Crippen LogP contribution < -0.4 is 10.9 Å². The van der Waals surface area contributed by atoms with Crippen molar-refractivity contribution in [3.8, 4) is 0 Å². The van der Waals surface area contributed by atoms with Gasteiger partial charge in [-0.3, -0.25) is 13.5 Å². The molecule has 5 nitrogen and oxygen atoms in total. The summed E-state index contributed by atoms with van der Waals surface area (Å²) < 4.78 is 7.35. The molecule has 1 heterocycles. The maximum atomic E-state index is 12.2. The van der Waals surface area contributed by atoms with E-state index in [1.165, 1.54) is 15.5 Å². The predicted molar refractivity (Wildman–Crippen MR) is 80.3 cm³/mol. The average Bonchev–Trinajstić information content (AvgIpc) is 2.80. The first kappa shape index (κ1) is 14.7. The van der Waals surface area contributed by atoms with Crippen LogP contribution in [0, 0.1) is 0 Å². The zero-order chi connectivity index (χ0) is 14.5. The molecule has 108 valence electrons. The lowest BCUT2D eigenvalue weighted by molar-refractivity contribution is -0.123. The normalized spacial score (nSPS) is 12.5. The number of amides is 1. The van der Waals surface area contributed by atoms with Gasteiger partial charge in [-0.15, -0.1) is 0 Å². The second-order valence-corrected chi connectivity index (χ2v) is 5.55. The van der Waals surface area contributed by atoms with Crippen LogP contribution in [0.15, 0.2) is 29.1 Å². The van der Waals surface area contributed by atoms with Crippen molar-refractivity contribution in [1.82, 2.24) is 9.27 Å². The van der Waals surface area contributed by atoms with Gasteiger partial charge in [0.05, 0.1) is 10.1 Å². The number of nitrogens with one attached hydrogen (secondary N) is 1. The lowest BCUT2D eigenvalue weighted by Crippen LogP contribution is -2.34. The summed E-state index contributed by atoms with van der Waals surface area (Å²) >= 11 is 1.32. The van der Waals surface area contributed by atoms with Gasteiger partial charge in [-0.2, -0.15) is 0 Å². The third kappa shape index (κ3) is 3.08. The number of fused-ring (bicyclic) bond motifs is 1. The van der Waals surface area contributed by atoms with Crippen molar-refractivity contribution in [2.45, 2.75) is 19.4 Å². The highest BCUT2D eigenvalue weighted by atomic mass is 32.1. The fourth-order valence-corrected chi connectivity index (χ4v) is 2.97. The van der Waals surface area contributed by atoms with Crippen molar-refractivity contribution in [3.05, 3.63) is 34.6 Å². The Morgan fingerprint density at radius 2 is 2.20 bits per heavy atom. The number of carbonyl (C=O) groups is 1. The summed E-state index contributed by atoms with van der Waals surface area (Å²) in [6.07, 6.45) is 0.760. The minimum absolute atomic E-state index is 0.106. The van der Waals surface area contributed by atoms with E-state index in [0.717, 1.165) is 11.1 Å². The number of aromatic nitrogens is 1. The standard InChI is InChI=1S/C14H18N2O3S/c1-10(13(17)15-8-5-9-19-2)16-14(18)11-6-3-4-7-12(11)20-16/h3-4,6-7,10H,5,8-9H2,1-2H3,(H,15,17)/t10-/m0/s1. The maximum Gasteiger partial charge on any atom is 0.269 e. The first-order valence-corrected chi connectivity index (χ1v) is 7.29. The molecule has 1 N–H and O–H groups in total. The molecule has 0 saturated heterocycles. The molecular formula is C14H18N2O3S. The van der Waals surface area contributed by atoms with E-state index in [1.807, 2.05) is 18.2 Å². The van der Waals surface area contributed by atoms with Crippen molar-refractivity contribution < 1.29 is 9.53 Å². The molecule has 0 bridgehead atoms. The van der Waals surface area contributed by atoms with Crippen LogP contribution in [-0.4, -0.2) is 30.1 Å². The molecule has 0 unspecified atom stereocenters. The SMILES string of the molecule is COCCCNC(=O)[C@H](C)n1sc2ccccc2c1=O.